The summed E-state index contributed by atoms with van der Waals surface area (Å²) in [5.41, 5.74) is 2.09. The van der Waals surface area contributed by atoms with E-state index in [1.807, 2.05) is 26.0 Å². The lowest BCUT2D eigenvalue weighted by Gasteiger charge is -2.14. The fourth-order valence-corrected chi connectivity index (χ4v) is 3.18. The number of hydrogen-bond acceptors (Lipinski definition) is 5. The SMILES string of the molecule is CCCCOc1ncccc1CNC(=NC)NCc1sc(C)nc1C. The van der Waals surface area contributed by atoms with Gasteiger partial charge in [0.25, 0.3) is 0 Å². The van der Waals surface area contributed by atoms with Gasteiger partial charge < -0.3 is 15.4 Å². The highest BCUT2D eigenvalue weighted by Gasteiger charge is 2.08. The van der Waals surface area contributed by atoms with Crippen LogP contribution in [-0.4, -0.2) is 29.6 Å². The first-order valence-corrected chi connectivity index (χ1v) is 9.39. The number of thiazole rings is 1. The number of nitrogens with zero attached hydrogens (tertiary/aromatic N) is 3. The quantitative estimate of drug-likeness (QED) is 0.429. The number of hydrogen-bond donors (Lipinski definition) is 2. The molecule has 0 saturated heterocycles. The fraction of sp³-hybridized carbons (Fsp3) is 0.500. The summed E-state index contributed by atoms with van der Waals surface area (Å²) in [5.74, 6) is 1.43. The second-order valence-corrected chi connectivity index (χ2v) is 6.98. The van der Waals surface area contributed by atoms with Crippen molar-refractivity contribution >= 4 is 17.3 Å². The highest BCUT2D eigenvalue weighted by molar-refractivity contribution is 7.11. The smallest absolute Gasteiger partial charge is 0.218 e. The number of aromatic nitrogens is 2. The van der Waals surface area contributed by atoms with Gasteiger partial charge in [-0.3, -0.25) is 4.99 Å². The molecule has 2 aromatic rings. The van der Waals surface area contributed by atoms with Crippen LogP contribution in [0.3, 0.4) is 0 Å². The third-order valence-electron chi connectivity index (χ3n) is 3.67. The molecule has 0 aliphatic heterocycles. The van der Waals surface area contributed by atoms with E-state index < -0.39 is 0 Å². The third kappa shape index (κ3) is 6.01. The Morgan fingerprint density at radius 3 is 2.76 bits per heavy atom. The maximum atomic E-state index is 5.77. The number of nitrogens with one attached hydrogen (secondary N) is 2. The molecule has 25 heavy (non-hydrogen) atoms. The number of aliphatic imine (C=N–C) groups is 1. The summed E-state index contributed by atoms with van der Waals surface area (Å²) in [6, 6.07) is 3.94. The third-order valence-corrected chi connectivity index (χ3v) is 4.75. The first-order valence-electron chi connectivity index (χ1n) is 8.58. The van der Waals surface area contributed by atoms with E-state index in [1.54, 1.807) is 24.6 Å². The minimum Gasteiger partial charge on any atom is -0.477 e. The number of guanidine groups is 1. The Bertz CT molecular complexity index is 699. The Hall–Kier alpha value is -2.15. The van der Waals surface area contributed by atoms with E-state index in [4.69, 9.17) is 4.74 Å². The average molecular weight is 362 g/mol. The number of ether oxygens (including phenoxy) is 1. The summed E-state index contributed by atoms with van der Waals surface area (Å²) < 4.78 is 5.77. The van der Waals surface area contributed by atoms with Gasteiger partial charge in [0, 0.05) is 30.2 Å². The second-order valence-electron chi connectivity index (χ2n) is 5.69. The van der Waals surface area contributed by atoms with E-state index >= 15 is 0 Å². The first kappa shape index (κ1) is 19.2. The monoisotopic (exact) mass is 361 g/mol. The van der Waals surface area contributed by atoms with Crippen LogP contribution in [0, 0.1) is 13.8 Å². The van der Waals surface area contributed by atoms with Crippen molar-refractivity contribution in [2.45, 2.75) is 46.7 Å². The maximum Gasteiger partial charge on any atom is 0.218 e. The van der Waals surface area contributed by atoms with Gasteiger partial charge in [-0.25, -0.2) is 9.97 Å². The molecule has 0 amide bonds. The molecule has 0 atom stereocenters. The van der Waals surface area contributed by atoms with Crippen LogP contribution < -0.4 is 15.4 Å². The van der Waals surface area contributed by atoms with Gasteiger partial charge >= 0.3 is 0 Å². The van der Waals surface area contributed by atoms with Crippen molar-refractivity contribution in [2.75, 3.05) is 13.7 Å². The van der Waals surface area contributed by atoms with E-state index in [9.17, 15) is 0 Å². The normalized spacial score (nSPS) is 11.4. The molecule has 7 heteroatoms. The van der Waals surface area contributed by atoms with E-state index in [0.717, 1.165) is 35.1 Å². The molecular weight excluding hydrogens is 334 g/mol. The molecular formula is C18H27N5OS. The van der Waals surface area contributed by atoms with Crippen LogP contribution in [0.2, 0.25) is 0 Å². The first-order chi connectivity index (χ1) is 12.1. The highest BCUT2D eigenvalue weighted by atomic mass is 32.1. The molecule has 0 saturated carbocycles. The van der Waals surface area contributed by atoms with Crippen LogP contribution in [0.1, 0.15) is 40.9 Å². The van der Waals surface area contributed by atoms with Crippen molar-refractivity contribution < 1.29 is 4.74 Å². The zero-order valence-corrected chi connectivity index (χ0v) is 16.2. The van der Waals surface area contributed by atoms with Gasteiger partial charge in [0.2, 0.25) is 5.88 Å². The molecule has 0 unspecified atom stereocenters. The molecule has 0 bridgehead atoms. The van der Waals surface area contributed by atoms with Crippen molar-refractivity contribution in [1.29, 1.82) is 0 Å². The van der Waals surface area contributed by atoms with E-state index in [-0.39, 0.29) is 0 Å². The Balaban J connectivity index is 1.89. The second kappa shape index (κ2) is 9.98. The summed E-state index contributed by atoms with van der Waals surface area (Å²) in [4.78, 5) is 14.3. The van der Waals surface area contributed by atoms with Crippen molar-refractivity contribution in [3.8, 4) is 5.88 Å². The molecule has 0 radical (unpaired) electrons. The predicted octanol–water partition coefficient (Wildman–Crippen LogP) is 3.20. The zero-order valence-electron chi connectivity index (χ0n) is 15.4. The molecule has 136 valence electrons. The number of aryl methyl sites for hydroxylation is 2. The molecule has 0 aliphatic carbocycles. The minimum absolute atomic E-state index is 0.607. The van der Waals surface area contributed by atoms with Crippen LogP contribution in [0.15, 0.2) is 23.3 Å². The largest absolute Gasteiger partial charge is 0.477 e. The standard InChI is InChI=1S/C18H27N5OS/c1-5-6-10-24-17-15(8-7-9-20-17)11-21-18(19-4)22-12-16-13(2)23-14(3)25-16/h7-9H,5-6,10-12H2,1-4H3,(H2,19,21,22). The predicted molar refractivity (Wildman–Crippen MR) is 103 cm³/mol. The summed E-state index contributed by atoms with van der Waals surface area (Å²) >= 11 is 1.71. The Morgan fingerprint density at radius 2 is 2.08 bits per heavy atom. The lowest BCUT2D eigenvalue weighted by atomic mass is 10.2. The maximum absolute atomic E-state index is 5.77. The van der Waals surface area contributed by atoms with E-state index in [0.29, 0.717) is 25.6 Å². The lowest BCUT2D eigenvalue weighted by molar-refractivity contribution is 0.294. The summed E-state index contributed by atoms with van der Waals surface area (Å²) in [6.07, 6.45) is 3.89. The van der Waals surface area contributed by atoms with Crippen LogP contribution in [-0.2, 0) is 13.1 Å². The van der Waals surface area contributed by atoms with Crippen LogP contribution in [0.4, 0.5) is 0 Å². The fourth-order valence-electron chi connectivity index (χ4n) is 2.30. The molecule has 0 aliphatic rings. The summed E-state index contributed by atoms with van der Waals surface area (Å²) in [6.45, 7) is 8.21. The van der Waals surface area contributed by atoms with Gasteiger partial charge in [0.1, 0.15) is 0 Å². The van der Waals surface area contributed by atoms with E-state index in [2.05, 4.69) is 32.5 Å². The van der Waals surface area contributed by atoms with Gasteiger partial charge in [-0.05, 0) is 26.3 Å². The molecule has 6 nitrogen and oxygen atoms in total. The van der Waals surface area contributed by atoms with Crippen molar-refractivity contribution in [1.82, 2.24) is 20.6 Å². The Morgan fingerprint density at radius 1 is 1.28 bits per heavy atom. The van der Waals surface area contributed by atoms with Gasteiger partial charge in [0.15, 0.2) is 5.96 Å². The molecule has 2 rings (SSSR count). The molecule has 2 N–H and O–H groups in total. The Kier molecular flexibility index (Phi) is 7.66. The van der Waals surface area contributed by atoms with Gasteiger partial charge in [-0.15, -0.1) is 11.3 Å². The molecule has 2 aromatic heterocycles. The molecule has 0 aromatic carbocycles. The van der Waals surface area contributed by atoms with Gasteiger partial charge in [-0.1, -0.05) is 19.4 Å². The van der Waals surface area contributed by atoms with Crippen molar-refractivity contribution in [3.05, 3.63) is 39.5 Å². The van der Waals surface area contributed by atoms with Crippen LogP contribution in [0.5, 0.6) is 5.88 Å². The number of unbranched alkanes of at least 4 members (excludes halogenated alkanes) is 1. The van der Waals surface area contributed by atoms with Crippen LogP contribution in [0.25, 0.3) is 0 Å². The molecule has 0 spiro atoms. The van der Waals surface area contributed by atoms with Gasteiger partial charge in [-0.2, -0.15) is 0 Å². The summed E-state index contributed by atoms with van der Waals surface area (Å²) in [5, 5.41) is 7.73. The zero-order chi connectivity index (χ0) is 18.1. The summed E-state index contributed by atoms with van der Waals surface area (Å²) in [7, 11) is 1.77. The number of rotatable bonds is 8. The van der Waals surface area contributed by atoms with E-state index in [1.165, 1.54) is 4.88 Å². The van der Waals surface area contributed by atoms with Crippen LogP contribution >= 0.6 is 11.3 Å². The topological polar surface area (TPSA) is 71.4 Å². The Labute approximate surface area is 153 Å². The van der Waals surface area contributed by atoms with Crippen molar-refractivity contribution in [2.24, 2.45) is 4.99 Å². The molecule has 2 heterocycles. The highest BCUT2D eigenvalue weighted by Crippen LogP contribution is 2.17. The number of pyridine rings is 1. The van der Waals surface area contributed by atoms with Gasteiger partial charge in [0.05, 0.1) is 23.9 Å². The average Bonchev–Trinajstić information content (AvgIpc) is 2.94. The lowest BCUT2D eigenvalue weighted by Crippen LogP contribution is -2.36. The molecule has 0 fully saturated rings. The minimum atomic E-state index is 0.607. The van der Waals surface area contributed by atoms with Crippen molar-refractivity contribution in [3.63, 3.8) is 0 Å².